The largest absolute Gasteiger partial charge is 0.381 e. The molecule has 0 radical (unpaired) electrons. The molecule has 0 saturated carbocycles. The van der Waals surface area contributed by atoms with Gasteiger partial charge in [-0.2, -0.15) is 0 Å². The minimum absolute atomic E-state index is 0.630. The van der Waals surface area contributed by atoms with Crippen LogP contribution < -0.4 is 11.1 Å². The lowest BCUT2D eigenvalue weighted by Crippen LogP contribution is -2.09. The highest BCUT2D eigenvalue weighted by Gasteiger charge is 2.10. The average Bonchev–Trinajstić information content (AvgIpc) is 2.80. The molecule has 0 unspecified atom stereocenters. The Bertz CT molecular complexity index is 498. The van der Waals surface area contributed by atoms with Crippen LogP contribution in [0.1, 0.15) is 17.7 Å². The van der Waals surface area contributed by atoms with Gasteiger partial charge in [-0.1, -0.05) is 35.0 Å². The fourth-order valence-corrected chi connectivity index (χ4v) is 1.88. The van der Waals surface area contributed by atoms with Gasteiger partial charge in [-0.15, -0.1) is 0 Å². The topological polar surface area (TPSA) is 64.1 Å². The van der Waals surface area contributed by atoms with Crippen LogP contribution in [0.25, 0.3) is 0 Å². The molecule has 0 fully saturated rings. The summed E-state index contributed by atoms with van der Waals surface area (Å²) >= 11 is 6.12. The highest BCUT2D eigenvalue weighted by molar-refractivity contribution is 6.31. The van der Waals surface area contributed by atoms with Gasteiger partial charge in [-0.25, -0.2) is 0 Å². The first-order valence-electron chi connectivity index (χ1n) is 5.92. The molecule has 2 aromatic rings. The minimum atomic E-state index is 0.630. The highest BCUT2D eigenvalue weighted by Crippen LogP contribution is 2.23. The van der Waals surface area contributed by atoms with Crippen LogP contribution in [-0.4, -0.2) is 18.2 Å². The van der Waals surface area contributed by atoms with Crippen molar-refractivity contribution in [1.29, 1.82) is 0 Å². The summed E-state index contributed by atoms with van der Waals surface area (Å²) in [6.45, 7) is 1.48. The van der Waals surface area contributed by atoms with Crippen molar-refractivity contribution in [1.82, 2.24) is 5.16 Å². The maximum Gasteiger partial charge on any atom is 0.164 e. The second kappa shape index (κ2) is 6.42. The second-order valence-electron chi connectivity index (χ2n) is 4.00. The van der Waals surface area contributed by atoms with Gasteiger partial charge >= 0.3 is 0 Å². The Balaban J connectivity index is 2.05. The van der Waals surface area contributed by atoms with Crippen molar-refractivity contribution >= 4 is 17.3 Å². The molecule has 3 N–H and O–H groups in total. The monoisotopic (exact) mass is 265 g/mol. The molecule has 2 rings (SSSR count). The molecular weight excluding hydrogens is 250 g/mol. The smallest absolute Gasteiger partial charge is 0.164 e. The van der Waals surface area contributed by atoms with Gasteiger partial charge in [0.1, 0.15) is 0 Å². The number of nitrogens with one attached hydrogen (secondary N) is 1. The molecule has 1 aromatic heterocycles. The number of nitrogens with zero attached hydrogens (tertiary/aromatic N) is 1. The average molecular weight is 266 g/mol. The molecule has 0 aliphatic carbocycles. The summed E-state index contributed by atoms with van der Waals surface area (Å²) in [5, 5.41) is 7.81. The Morgan fingerprint density at radius 3 is 2.94 bits per heavy atom. The zero-order valence-electron chi connectivity index (χ0n) is 10.0. The minimum Gasteiger partial charge on any atom is -0.381 e. The van der Waals surface area contributed by atoms with Crippen molar-refractivity contribution in [2.24, 2.45) is 5.73 Å². The summed E-state index contributed by atoms with van der Waals surface area (Å²) in [6.07, 6.45) is 3.23. The molecule has 0 saturated heterocycles. The molecule has 96 valence electrons. The number of aromatic nitrogens is 1. The third-order valence-electron chi connectivity index (χ3n) is 2.65. The summed E-state index contributed by atoms with van der Waals surface area (Å²) in [6, 6.07) is 7.72. The number of hydrogen-bond donors (Lipinski definition) is 2. The molecule has 0 spiro atoms. The van der Waals surface area contributed by atoms with E-state index in [1.54, 1.807) is 6.20 Å². The molecule has 0 bridgehead atoms. The Hall–Kier alpha value is -1.52. The van der Waals surface area contributed by atoms with E-state index < -0.39 is 0 Å². The number of rotatable bonds is 6. The van der Waals surface area contributed by atoms with Crippen LogP contribution in [0.5, 0.6) is 0 Å². The molecule has 0 aliphatic heterocycles. The van der Waals surface area contributed by atoms with Crippen molar-refractivity contribution in [3.05, 3.63) is 46.8 Å². The summed E-state index contributed by atoms with van der Waals surface area (Å²) < 4.78 is 5.25. The molecule has 0 atom stereocenters. The van der Waals surface area contributed by atoms with Crippen molar-refractivity contribution in [2.45, 2.75) is 12.8 Å². The number of nitrogens with two attached hydrogens (primary N) is 1. The lowest BCUT2D eigenvalue weighted by atomic mass is 10.1. The van der Waals surface area contributed by atoms with Crippen LogP contribution in [0, 0.1) is 0 Å². The number of halogens is 1. The third kappa shape index (κ3) is 3.24. The van der Waals surface area contributed by atoms with E-state index in [1.165, 1.54) is 0 Å². The van der Waals surface area contributed by atoms with Crippen LogP contribution in [0.3, 0.4) is 0 Å². The Morgan fingerprint density at radius 2 is 2.17 bits per heavy atom. The lowest BCUT2D eigenvalue weighted by molar-refractivity contribution is 0.390. The van der Waals surface area contributed by atoms with Gasteiger partial charge in [0.15, 0.2) is 5.76 Å². The zero-order valence-corrected chi connectivity index (χ0v) is 10.8. The molecule has 0 amide bonds. The predicted molar refractivity (Wildman–Crippen MR) is 72.9 cm³/mol. The van der Waals surface area contributed by atoms with E-state index >= 15 is 0 Å². The molecule has 4 nitrogen and oxygen atoms in total. The maximum atomic E-state index is 6.12. The lowest BCUT2D eigenvalue weighted by Gasteiger charge is -2.05. The van der Waals surface area contributed by atoms with Gasteiger partial charge in [-0.3, -0.25) is 0 Å². The van der Waals surface area contributed by atoms with Gasteiger partial charge in [0.05, 0.1) is 11.9 Å². The maximum absolute atomic E-state index is 6.12. The highest BCUT2D eigenvalue weighted by atomic mass is 35.5. The fraction of sp³-hybridized carbons (Fsp3) is 0.308. The van der Waals surface area contributed by atoms with Crippen molar-refractivity contribution in [3.8, 4) is 0 Å². The quantitative estimate of drug-likeness (QED) is 0.788. The number of benzene rings is 1. The van der Waals surface area contributed by atoms with Gasteiger partial charge < -0.3 is 15.6 Å². The van der Waals surface area contributed by atoms with Crippen molar-refractivity contribution < 1.29 is 4.52 Å². The summed E-state index contributed by atoms with van der Waals surface area (Å²) in [4.78, 5) is 0. The van der Waals surface area contributed by atoms with E-state index in [2.05, 4.69) is 10.5 Å². The molecule has 1 aromatic carbocycles. The van der Waals surface area contributed by atoms with Gasteiger partial charge in [0, 0.05) is 18.0 Å². The van der Waals surface area contributed by atoms with Crippen LogP contribution in [0.4, 0.5) is 5.69 Å². The Labute approximate surface area is 111 Å². The molecule has 0 aliphatic rings. The van der Waals surface area contributed by atoms with E-state index in [4.69, 9.17) is 21.9 Å². The molecular formula is C13H16ClN3O. The number of hydrogen-bond acceptors (Lipinski definition) is 4. The summed E-state index contributed by atoms with van der Waals surface area (Å²) in [5.74, 6) is 0.792. The zero-order chi connectivity index (χ0) is 12.8. The third-order valence-corrected chi connectivity index (χ3v) is 3.02. The first-order chi connectivity index (χ1) is 8.81. The summed E-state index contributed by atoms with van der Waals surface area (Å²) in [7, 11) is 0. The van der Waals surface area contributed by atoms with E-state index in [0.29, 0.717) is 13.0 Å². The molecule has 1 heterocycles. The van der Waals surface area contributed by atoms with Crippen LogP contribution in [0.2, 0.25) is 5.02 Å². The Kier molecular flexibility index (Phi) is 4.61. The molecule has 5 heteroatoms. The molecule has 18 heavy (non-hydrogen) atoms. The van der Waals surface area contributed by atoms with Crippen molar-refractivity contribution in [2.75, 3.05) is 18.4 Å². The van der Waals surface area contributed by atoms with Crippen LogP contribution in [0.15, 0.2) is 35.0 Å². The van der Waals surface area contributed by atoms with Crippen LogP contribution in [-0.2, 0) is 6.42 Å². The fourth-order valence-electron chi connectivity index (χ4n) is 1.68. The van der Waals surface area contributed by atoms with Gasteiger partial charge in [0.25, 0.3) is 0 Å². The first kappa shape index (κ1) is 12.9. The van der Waals surface area contributed by atoms with Gasteiger partial charge in [0.2, 0.25) is 0 Å². The standard InChI is InChI=1S/C13H16ClN3O/c14-11-5-2-1-4-10(11)8-13-12(9-17-18-13)16-7-3-6-15/h1-2,4-5,9,16H,3,6-8,15H2. The Morgan fingerprint density at radius 1 is 1.33 bits per heavy atom. The SMILES string of the molecule is NCCCNc1cnoc1Cc1ccccc1Cl. The summed E-state index contributed by atoms with van der Waals surface area (Å²) in [5.41, 5.74) is 7.38. The number of anilines is 1. The van der Waals surface area contributed by atoms with E-state index in [-0.39, 0.29) is 0 Å². The van der Waals surface area contributed by atoms with E-state index in [0.717, 1.165) is 35.0 Å². The van der Waals surface area contributed by atoms with Crippen LogP contribution >= 0.6 is 11.6 Å². The van der Waals surface area contributed by atoms with E-state index in [1.807, 2.05) is 24.3 Å². The normalized spacial score (nSPS) is 10.6. The first-order valence-corrected chi connectivity index (χ1v) is 6.30. The van der Waals surface area contributed by atoms with Crippen molar-refractivity contribution in [3.63, 3.8) is 0 Å². The van der Waals surface area contributed by atoms with Gasteiger partial charge in [-0.05, 0) is 24.6 Å². The predicted octanol–water partition coefficient (Wildman–Crippen LogP) is 2.68. The second-order valence-corrected chi connectivity index (χ2v) is 4.41. The van der Waals surface area contributed by atoms with E-state index in [9.17, 15) is 0 Å².